The maximum Gasteiger partial charge on any atom is 0.254 e. The second-order valence-corrected chi connectivity index (χ2v) is 10.8. The van der Waals surface area contributed by atoms with Crippen LogP contribution in [-0.4, -0.2) is 59.7 Å². The summed E-state index contributed by atoms with van der Waals surface area (Å²) >= 11 is 12.3. The monoisotopic (exact) mass is 540 g/mol. The van der Waals surface area contributed by atoms with E-state index in [9.17, 15) is 9.90 Å². The Kier molecular flexibility index (Phi) is 9.27. The summed E-state index contributed by atoms with van der Waals surface area (Å²) in [5.41, 5.74) is 4.60. The molecule has 1 amide bonds. The Morgan fingerprint density at radius 3 is 2.41 bits per heavy atom. The minimum atomic E-state index is -0.325. The van der Waals surface area contributed by atoms with Gasteiger partial charge in [-0.2, -0.15) is 0 Å². The van der Waals surface area contributed by atoms with Crippen LogP contribution >= 0.6 is 23.2 Å². The highest BCUT2D eigenvalue weighted by Gasteiger charge is 2.30. The number of carbonyl (C=O) groups is 1. The molecule has 0 bridgehead atoms. The first kappa shape index (κ1) is 27.6. The van der Waals surface area contributed by atoms with Crippen molar-refractivity contribution in [2.75, 3.05) is 26.7 Å². The molecule has 3 atom stereocenters. The van der Waals surface area contributed by atoms with Gasteiger partial charge >= 0.3 is 0 Å². The molecular formula is C30H34Cl2N2O3. The molecule has 1 N–H and O–H groups in total. The number of ether oxygens (including phenoxy) is 1. The Bertz CT molecular complexity index is 1230. The molecule has 0 unspecified atom stereocenters. The van der Waals surface area contributed by atoms with Gasteiger partial charge in [0.2, 0.25) is 0 Å². The number of halogens is 2. The van der Waals surface area contributed by atoms with Gasteiger partial charge in [0, 0.05) is 31.1 Å². The quantitative estimate of drug-likeness (QED) is 0.407. The van der Waals surface area contributed by atoms with E-state index in [2.05, 4.69) is 17.9 Å². The summed E-state index contributed by atoms with van der Waals surface area (Å²) < 4.78 is 6.59. The lowest BCUT2D eigenvalue weighted by Gasteiger charge is -2.35. The maximum absolute atomic E-state index is 13.9. The zero-order valence-corrected chi connectivity index (χ0v) is 23.0. The lowest BCUT2D eigenvalue weighted by Crippen LogP contribution is -2.47. The molecule has 4 rings (SSSR count). The fourth-order valence-electron chi connectivity index (χ4n) is 4.87. The highest BCUT2D eigenvalue weighted by atomic mass is 35.5. The van der Waals surface area contributed by atoms with Crippen LogP contribution in [0.4, 0.5) is 0 Å². The number of nitrogens with zero attached hydrogens (tertiary/aromatic N) is 2. The molecule has 5 nitrogen and oxygen atoms in total. The summed E-state index contributed by atoms with van der Waals surface area (Å²) in [6.07, 6.45) is -0.150. The summed E-state index contributed by atoms with van der Waals surface area (Å²) in [5, 5.41) is 11.1. The van der Waals surface area contributed by atoms with Crippen molar-refractivity contribution in [1.29, 1.82) is 0 Å². The summed E-state index contributed by atoms with van der Waals surface area (Å²) in [6, 6.07) is 21.1. The van der Waals surface area contributed by atoms with E-state index in [-0.39, 0.29) is 30.6 Å². The largest absolute Gasteiger partial charge is 0.394 e. The second kappa shape index (κ2) is 12.4. The standard InChI is InChI=1S/C30H34Cl2N2O3/c1-20-15-34(21(2)18-35)30(36)26-11-7-6-10-25(26)24-9-5-4-8-23(24)19-37-29(20)17-33(3)16-22-12-13-27(31)28(32)14-22/h4-14,20-21,29,35H,15-19H2,1-3H3/t20-,21-,29-/m0/s1. The normalized spacial score (nSPS) is 19.2. The zero-order chi connectivity index (χ0) is 26.5. The average molecular weight is 542 g/mol. The molecule has 196 valence electrons. The first-order valence-electron chi connectivity index (χ1n) is 12.6. The molecule has 1 heterocycles. The number of rotatable bonds is 6. The van der Waals surface area contributed by atoms with Crippen LogP contribution in [0.15, 0.2) is 66.7 Å². The summed E-state index contributed by atoms with van der Waals surface area (Å²) in [4.78, 5) is 17.9. The lowest BCUT2D eigenvalue weighted by molar-refractivity contribution is -0.0241. The van der Waals surface area contributed by atoms with Crippen molar-refractivity contribution in [3.63, 3.8) is 0 Å². The van der Waals surface area contributed by atoms with Gasteiger partial charge in [0.1, 0.15) is 0 Å². The van der Waals surface area contributed by atoms with E-state index < -0.39 is 0 Å². The number of benzene rings is 3. The minimum absolute atomic E-state index is 0.0200. The number of hydrogen-bond donors (Lipinski definition) is 1. The van der Waals surface area contributed by atoms with Crippen molar-refractivity contribution in [3.8, 4) is 11.1 Å². The molecule has 1 aliphatic rings. The number of fused-ring (bicyclic) bond motifs is 3. The van der Waals surface area contributed by atoms with Gasteiger partial charge in [0.15, 0.2) is 0 Å². The zero-order valence-electron chi connectivity index (χ0n) is 21.5. The minimum Gasteiger partial charge on any atom is -0.394 e. The van der Waals surface area contributed by atoms with Crippen LogP contribution in [-0.2, 0) is 17.9 Å². The number of aliphatic hydroxyl groups is 1. The fourth-order valence-corrected chi connectivity index (χ4v) is 5.19. The highest BCUT2D eigenvalue weighted by Crippen LogP contribution is 2.31. The summed E-state index contributed by atoms with van der Waals surface area (Å²) in [6.45, 7) is 6.12. The first-order valence-corrected chi connectivity index (χ1v) is 13.4. The predicted octanol–water partition coefficient (Wildman–Crippen LogP) is 6.15. The van der Waals surface area contributed by atoms with Gasteiger partial charge in [-0.3, -0.25) is 9.69 Å². The van der Waals surface area contributed by atoms with Gasteiger partial charge in [0.25, 0.3) is 5.91 Å². The molecular weight excluding hydrogens is 507 g/mol. The molecule has 0 fully saturated rings. The number of likely N-dealkylation sites (N-methyl/N-ethyl adjacent to an activating group) is 1. The molecule has 37 heavy (non-hydrogen) atoms. The average Bonchev–Trinajstić information content (AvgIpc) is 2.92. The van der Waals surface area contributed by atoms with Gasteiger partial charge in [-0.15, -0.1) is 0 Å². The second-order valence-electron chi connectivity index (χ2n) is 9.96. The number of carbonyl (C=O) groups excluding carboxylic acids is 1. The van der Waals surface area contributed by atoms with Crippen LogP contribution in [0.2, 0.25) is 10.0 Å². The molecule has 3 aromatic carbocycles. The van der Waals surface area contributed by atoms with E-state index in [1.54, 1.807) is 4.90 Å². The van der Waals surface area contributed by atoms with Crippen LogP contribution in [0.5, 0.6) is 0 Å². The Morgan fingerprint density at radius 2 is 1.70 bits per heavy atom. The maximum atomic E-state index is 13.9. The van der Waals surface area contributed by atoms with Crippen LogP contribution < -0.4 is 0 Å². The fraction of sp³-hybridized carbons (Fsp3) is 0.367. The summed E-state index contributed by atoms with van der Waals surface area (Å²) in [5.74, 6) is -0.0600. The number of aliphatic hydroxyl groups excluding tert-OH is 1. The lowest BCUT2D eigenvalue weighted by atomic mass is 9.94. The Labute approximate surface area is 229 Å². The van der Waals surface area contributed by atoms with Gasteiger partial charge in [-0.05, 0) is 54.4 Å². The molecule has 0 saturated carbocycles. The van der Waals surface area contributed by atoms with E-state index in [0.717, 1.165) is 22.3 Å². The molecule has 0 saturated heterocycles. The predicted molar refractivity (Wildman–Crippen MR) is 150 cm³/mol. The third-order valence-corrected chi connectivity index (χ3v) is 7.76. The summed E-state index contributed by atoms with van der Waals surface area (Å²) in [7, 11) is 2.05. The third kappa shape index (κ3) is 6.54. The van der Waals surface area contributed by atoms with E-state index in [4.69, 9.17) is 27.9 Å². The third-order valence-electron chi connectivity index (χ3n) is 7.02. The molecule has 7 heteroatoms. The number of hydrogen-bond acceptors (Lipinski definition) is 4. The Morgan fingerprint density at radius 1 is 1.03 bits per heavy atom. The van der Waals surface area contributed by atoms with E-state index in [0.29, 0.717) is 41.8 Å². The van der Waals surface area contributed by atoms with Crippen LogP contribution in [0.1, 0.15) is 35.3 Å². The molecule has 0 aromatic heterocycles. The van der Waals surface area contributed by atoms with Gasteiger partial charge in [0.05, 0.1) is 35.4 Å². The molecule has 0 radical (unpaired) electrons. The van der Waals surface area contributed by atoms with Crippen molar-refractivity contribution < 1.29 is 14.6 Å². The van der Waals surface area contributed by atoms with E-state index in [1.807, 2.05) is 74.6 Å². The van der Waals surface area contributed by atoms with Crippen LogP contribution in [0.3, 0.4) is 0 Å². The SMILES string of the molecule is C[C@H]1CN([C@@H](C)CO)C(=O)c2ccccc2-c2ccccc2CO[C@H]1CN(C)Cc1ccc(Cl)c(Cl)c1. The first-order chi connectivity index (χ1) is 17.8. The van der Waals surface area contributed by atoms with Crippen LogP contribution in [0, 0.1) is 5.92 Å². The Hall–Kier alpha value is -2.41. The number of amides is 1. The van der Waals surface area contributed by atoms with Gasteiger partial charge in [-0.25, -0.2) is 0 Å². The Balaban J connectivity index is 1.66. The van der Waals surface area contributed by atoms with Crippen LogP contribution in [0.25, 0.3) is 11.1 Å². The van der Waals surface area contributed by atoms with Crippen molar-refractivity contribution in [2.45, 2.75) is 39.1 Å². The molecule has 0 spiro atoms. The highest BCUT2D eigenvalue weighted by molar-refractivity contribution is 6.42. The van der Waals surface area contributed by atoms with Crippen molar-refractivity contribution in [3.05, 3.63) is 93.5 Å². The van der Waals surface area contributed by atoms with Crippen molar-refractivity contribution in [2.24, 2.45) is 5.92 Å². The van der Waals surface area contributed by atoms with Crippen molar-refractivity contribution in [1.82, 2.24) is 9.80 Å². The smallest absolute Gasteiger partial charge is 0.254 e. The van der Waals surface area contributed by atoms with Crippen molar-refractivity contribution >= 4 is 29.1 Å². The topological polar surface area (TPSA) is 53.0 Å². The molecule has 3 aromatic rings. The van der Waals surface area contributed by atoms with E-state index in [1.165, 1.54) is 0 Å². The van der Waals surface area contributed by atoms with E-state index >= 15 is 0 Å². The van der Waals surface area contributed by atoms with Gasteiger partial charge in [-0.1, -0.05) is 78.7 Å². The molecule has 1 aliphatic heterocycles. The molecule has 0 aliphatic carbocycles. The van der Waals surface area contributed by atoms with Gasteiger partial charge < -0.3 is 14.7 Å².